The van der Waals surface area contributed by atoms with Crippen molar-refractivity contribution in [2.45, 2.75) is 13.8 Å². The minimum absolute atomic E-state index is 0.147. The number of carbonyl (C=O) groups excluding carboxylic acids is 3. The fourth-order valence-electron chi connectivity index (χ4n) is 2.26. The molecule has 28 heavy (non-hydrogen) atoms. The number of thiophene rings is 1. The number of amides is 2. The van der Waals surface area contributed by atoms with Crippen LogP contribution in [0.1, 0.15) is 32.5 Å². The first-order chi connectivity index (χ1) is 13.3. The number of hydrogen-bond acceptors (Lipinski definition) is 6. The van der Waals surface area contributed by atoms with Crippen molar-refractivity contribution in [2.75, 3.05) is 25.6 Å². The molecule has 1 aromatic carbocycles. The van der Waals surface area contributed by atoms with Gasteiger partial charge in [-0.05, 0) is 31.5 Å². The highest BCUT2D eigenvalue weighted by Crippen LogP contribution is 2.34. The Bertz CT molecular complexity index is 914. The molecule has 0 bridgehead atoms. The van der Waals surface area contributed by atoms with Crippen molar-refractivity contribution in [2.24, 2.45) is 0 Å². The van der Waals surface area contributed by atoms with Gasteiger partial charge in [0.1, 0.15) is 10.8 Å². The second-order valence-corrected chi connectivity index (χ2v) is 7.31. The van der Waals surface area contributed by atoms with Crippen LogP contribution in [0.15, 0.2) is 18.2 Å². The lowest BCUT2D eigenvalue weighted by Gasteiger charge is -2.09. The summed E-state index contributed by atoms with van der Waals surface area (Å²) in [5, 5.41) is 5.99. The number of esters is 1. The van der Waals surface area contributed by atoms with E-state index in [9.17, 15) is 14.4 Å². The van der Waals surface area contributed by atoms with E-state index in [2.05, 4.69) is 10.6 Å². The van der Waals surface area contributed by atoms with Crippen LogP contribution in [-0.2, 0) is 9.53 Å². The lowest BCUT2D eigenvalue weighted by molar-refractivity contribution is -0.118. The van der Waals surface area contributed by atoms with Crippen molar-refractivity contribution in [3.63, 3.8) is 0 Å². The zero-order valence-corrected chi connectivity index (χ0v) is 17.7. The van der Waals surface area contributed by atoms with Crippen molar-refractivity contribution < 1.29 is 23.9 Å². The Balaban J connectivity index is 2.18. The average Bonchev–Trinajstić information content (AvgIpc) is 2.98. The molecule has 0 saturated carbocycles. The molecule has 2 rings (SSSR count). The normalized spacial score (nSPS) is 10.3. The summed E-state index contributed by atoms with van der Waals surface area (Å²) in [5.41, 5.74) is 0.580. The van der Waals surface area contributed by atoms with E-state index in [0.717, 1.165) is 11.3 Å². The Labute approximate surface area is 175 Å². The first-order valence-corrected chi connectivity index (χ1v) is 9.76. The number of anilines is 1. The number of hydrogen-bond donors (Lipinski definition) is 2. The average molecular weight is 445 g/mol. The molecule has 0 radical (unpaired) electrons. The Hall–Kier alpha value is -2.29. The molecular formula is C18H18Cl2N2O5S. The van der Waals surface area contributed by atoms with Crippen LogP contribution < -0.4 is 15.4 Å². The molecular weight excluding hydrogens is 427 g/mol. The van der Waals surface area contributed by atoms with E-state index in [0.29, 0.717) is 26.2 Å². The number of ether oxygens (including phenoxy) is 2. The summed E-state index contributed by atoms with van der Waals surface area (Å²) in [7, 11) is 1.48. The third kappa shape index (κ3) is 5.15. The smallest absolute Gasteiger partial charge is 0.341 e. The molecule has 0 atom stereocenters. The zero-order chi connectivity index (χ0) is 20.8. The van der Waals surface area contributed by atoms with Gasteiger partial charge in [-0.1, -0.05) is 23.2 Å². The quantitative estimate of drug-likeness (QED) is 0.631. The monoisotopic (exact) mass is 444 g/mol. The van der Waals surface area contributed by atoms with Gasteiger partial charge in [0, 0.05) is 13.1 Å². The highest BCUT2D eigenvalue weighted by Gasteiger charge is 2.26. The summed E-state index contributed by atoms with van der Waals surface area (Å²) in [4.78, 5) is 36.9. The van der Waals surface area contributed by atoms with Gasteiger partial charge >= 0.3 is 5.97 Å². The SMILES string of the molecule is CCOC(=O)c1c(NC(=O)COc2ccc(Cl)c(Cl)c2)sc(C(=O)NC)c1C. The maximum atomic E-state index is 12.3. The van der Waals surface area contributed by atoms with Gasteiger partial charge in [-0.2, -0.15) is 0 Å². The second-order valence-electron chi connectivity index (χ2n) is 5.47. The molecule has 0 aliphatic carbocycles. The van der Waals surface area contributed by atoms with Crippen LogP contribution in [0.3, 0.4) is 0 Å². The topological polar surface area (TPSA) is 93.7 Å². The third-order valence-electron chi connectivity index (χ3n) is 3.57. The second kappa shape index (κ2) is 9.77. The molecule has 7 nitrogen and oxygen atoms in total. The molecule has 0 saturated heterocycles. The standard InChI is InChI=1S/C18H18Cl2N2O5S/c1-4-26-18(25)14-9(2)15(16(24)21-3)28-17(14)22-13(23)8-27-10-5-6-11(19)12(20)7-10/h5-7H,4,8H2,1-3H3,(H,21,24)(H,22,23). The molecule has 0 unspecified atom stereocenters. The van der Waals surface area contributed by atoms with Crippen LogP contribution in [-0.4, -0.2) is 38.0 Å². The van der Waals surface area contributed by atoms with Gasteiger partial charge in [0.25, 0.3) is 11.8 Å². The van der Waals surface area contributed by atoms with Gasteiger partial charge < -0.3 is 20.1 Å². The number of carbonyl (C=O) groups is 3. The summed E-state index contributed by atoms with van der Waals surface area (Å²) in [6.07, 6.45) is 0. The van der Waals surface area contributed by atoms with Crippen LogP contribution >= 0.6 is 34.5 Å². The van der Waals surface area contributed by atoms with Gasteiger partial charge in [0.15, 0.2) is 6.61 Å². The van der Waals surface area contributed by atoms with Gasteiger partial charge in [0.2, 0.25) is 0 Å². The van der Waals surface area contributed by atoms with Crippen LogP contribution in [0.5, 0.6) is 5.75 Å². The number of benzene rings is 1. The molecule has 0 aliphatic rings. The zero-order valence-electron chi connectivity index (χ0n) is 15.4. The van der Waals surface area contributed by atoms with Gasteiger partial charge in [-0.15, -0.1) is 11.3 Å². The molecule has 0 fully saturated rings. The van der Waals surface area contributed by atoms with Crippen LogP contribution in [0.2, 0.25) is 10.0 Å². The fourth-order valence-corrected chi connectivity index (χ4v) is 3.70. The van der Waals surface area contributed by atoms with Crippen LogP contribution in [0.4, 0.5) is 5.00 Å². The third-order valence-corrected chi connectivity index (χ3v) is 5.52. The molecule has 2 amide bonds. The predicted octanol–water partition coefficient (Wildman–Crippen LogP) is 3.92. The van der Waals surface area contributed by atoms with Gasteiger partial charge in [-0.25, -0.2) is 4.79 Å². The Kier molecular flexibility index (Phi) is 7.68. The molecule has 1 aromatic heterocycles. The van der Waals surface area contributed by atoms with E-state index in [1.165, 1.54) is 13.1 Å². The maximum absolute atomic E-state index is 12.3. The largest absolute Gasteiger partial charge is 0.484 e. The molecule has 0 spiro atoms. The summed E-state index contributed by atoms with van der Waals surface area (Å²) in [6, 6.07) is 4.61. The lowest BCUT2D eigenvalue weighted by atomic mass is 10.1. The number of rotatable bonds is 7. The van der Waals surface area contributed by atoms with Crippen LogP contribution in [0, 0.1) is 6.92 Å². The number of nitrogens with one attached hydrogen (secondary N) is 2. The molecule has 1 heterocycles. The van der Waals surface area contributed by atoms with E-state index >= 15 is 0 Å². The molecule has 150 valence electrons. The summed E-state index contributed by atoms with van der Waals surface area (Å²) in [5.74, 6) is -1.13. The maximum Gasteiger partial charge on any atom is 0.341 e. The van der Waals surface area contributed by atoms with Crippen molar-refractivity contribution in [3.05, 3.63) is 44.2 Å². The van der Waals surface area contributed by atoms with E-state index in [-0.39, 0.29) is 29.7 Å². The highest BCUT2D eigenvalue weighted by atomic mass is 35.5. The number of halogens is 2. The van der Waals surface area contributed by atoms with Crippen molar-refractivity contribution in [3.8, 4) is 5.75 Å². The Morgan fingerprint density at radius 2 is 1.89 bits per heavy atom. The first kappa shape index (κ1) is 22.0. The summed E-state index contributed by atoms with van der Waals surface area (Å²) < 4.78 is 10.4. The summed E-state index contributed by atoms with van der Waals surface area (Å²) >= 11 is 12.7. The van der Waals surface area contributed by atoms with Gasteiger partial charge in [-0.3, -0.25) is 9.59 Å². The van der Waals surface area contributed by atoms with Crippen molar-refractivity contribution in [1.29, 1.82) is 0 Å². The van der Waals surface area contributed by atoms with Crippen LogP contribution in [0.25, 0.3) is 0 Å². The fraction of sp³-hybridized carbons (Fsp3) is 0.278. The molecule has 2 aromatic rings. The molecule has 10 heteroatoms. The Morgan fingerprint density at radius 1 is 1.18 bits per heavy atom. The van der Waals surface area contributed by atoms with Crippen molar-refractivity contribution in [1.82, 2.24) is 5.32 Å². The predicted molar refractivity (Wildman–Crippen MR) is 109 cm³/mol. The molecule has 0 aliphatic heterocycles. The summed E-state index contributed by atoms with van der Waals surface area (Å²) in [6.45, 7) is 3.13. The first-order valence-electron chi connectivity index (χ1n) is 8.18. The Morgan fingerprint density at radius 3 is 2.50 bits per heavy atom. The van der Waals surface area contributed by atoms with E-state index < -0.39 is 11.9 Å². The van der Waals surface area contributed by atoms with E-state index in [1.807, 2.05) is 0 Å². The molecule has 2 N–H and O–H groups in total. The van der Waals surface area contributed by atoms with Gasteiger partial charge in [0.05, 0.1) is 27.1 Å². The minimum Gasteiger partial charge on any atom is -0.484 e. The minimum atomic E-state index is -0.618. The lowest BCUT2D eigenvalue weighted by Crippen LogP contribution is -2.21. The highest BCUT2D eigenvalue weighted by molar-refractivity contribution is 7.18. The van der Waals surface area contributed by atoms with Crippen molar-refractivity contribution >= 4 is 57.3 Å². The van der Waals surface area contributed by atoms with E-state index in [4.69, 9.17) is 32.7 Å². The van der Waals surface area contributed by atoms with E-state index in [1.54, 1.807) is 26.0 Å².